The number of aromatic nitrogens is 2. The predicted octanol–water partition coefficient (Wildman–Crippen LogP) is 3.64. The smallest absolute Gasteiger partial charge is 0.308 e. The van der Waals surface area contributed by atoms with Gasteiger partial charge in [-0.3, -0.25) is 10.3 Å². The number of nitrogens with zero attached hydrogens (tertiary/aromatic N) is 2. The molecule has 0 fully saturated rings. The Hall–Kier alpha value is -2.47. The van der Waals surface area contributed by atoms with Gasteiger partial charge in [0.15, 0.2) is 5.13 Å². The van der Waals surface area contributed by atoms with E-state index in [4.69, 9.17) is 0 Å². The number of thiazole rings is 1. The van der Waals surface area contributed by atoms with Gasteiger partial charge in [0.25, 0.3) is 0 Å². The molecule has 3 aromatic rings. The summed E-state index contributed by atoms with van der Waals surface area (Å²) in [4.78, 5) is 20.1. The van der Waals surface area contributed by atoms with Gasteiger partial charge in [-0.2, -0.15) is 0 Å². The Morgan fingerprint density at radius 1 is 1.15 bits per heavy atom. The fourth-order valence-electron chi connectivity index (χ4n) is 1.78. The molecule has 6 heteroatoms. The lowest BCUT2D eigenvalue weighted by Gasteiger charge is -2.03. The average Bonchev–Trinajstić information content (AvgIpc) is 2.80. The Bertz CT molecular complexity index is 754. The Morgan fingerprint density at radius 3 is 2.75 bits per heavy atom. The summed E-state index contributed by atoms with van der Waals surface area (Å²) in [6.45, 7) is 2.03. The molecule has 100 valence electrons. The minimum Gasteiger partial charge on any atom is -0.308 e. The van der Waals surface area contributed by atoms with Crippen molar-refractivity contribution < 1.29 is 4.79 Å². The van der Waals surface area contributed by atoms with Gasteiger partial charge >= 0.3 is 6.03 Å². The van der Waals surface area contributed by atoms with Gasteiger partial charge in [-0.05, 0) is 36.8 Å². The molecule has 0 spiro atoms. The summed E-state index contributed by atoms with van der Waals surface area (Å²) in [6, 6.07) is 9.14. The first-order valence-electron chi connectivity index (χ1n) is 6.06. The van der Waals surface area contributed by atoms with Crippen molar-refractivity contribution in [1.29, 1.82) is 0 Å². The van der Waals surface area contributed by atoms with E-state index >= 15 is 0 Å². The summed E-state index contributed by atoms with van der Waals surface area (Å²) < 4.78 is 1.06. The summed E-state index contributed by atoms with van der Waals surface area (Å²) in [7, 11) is 0. The molecule has 0 aliphatic rings. The zero-order valence-electron chi connectivity index (χ0n) is 10.8. The Kier molecular flexibility index (Phi) is 3.30. The SMILES string of the molecule is Cc1ccc2nc(NC(=O)Nc3ccncc3)sc2c1. The van der Waals surface area contributed by atoms with Gasteiger partial charge < -0.3 is 5.32 Å². The molecule has 1 aromatic carbocycles. The highest BCUT2D eigenvalue weighted by atomic mass is 32.1. The van der Waals surface area contributed by atoms with Gasteiger partial charge in [0, 0.05) is 18.1 Å². The summed E-state index contributed by atoms with van der Waals surface area (Å²) in [6.07, 6.45) is 3.24. The molecule has 2 heterocycles. The van der Waals surface area contributed by atoms with Crippen LogP contribution < -0.4 is 10.6 Å². The standard InChI is InChI=1S/C14H12N4OS/c1-9-2-3-11-12(8-9)20-14(17-11)18-13(19)16-10-4-6-15-7-5-10/h2-8H,1H3,(H2,15,16,17,18,19). The first-order valence-corrected chi connectivity index (χ1v) is 6.87. The predicted molar refractivity (Wildman–Crippen MR) is 81.2 cm³/mol. The molecule has 2 amide bonds. The van der Waals surface area contributed by atoms with Crippen molar-refractivity contribution >= 4 is 38.4 Å². The van der Waals surface area contributed by atoms with Crippen molar-refractivity contribution in [3.63, 3.8) is 0 Å². The molecule has 0 saturated heterocycles. The molecule has 0 radical (unpaired) electrons. The number of anilines is 2. The van der Waals surface area contributed by atoms with Gasteiger partial charge in [0.05, 0.1) is 10.2 Å². The molecule has 0 unspecified atom stereocenters. The minimum absolute atomic E-state index is 0.313. The minimum atomic E-state index is -0.313. The number of nitrogens with one attached hydrogen (secondary N) is 2. The number of carbonyl (C=O) groups excluding carboxylic acids is 1. The van der Waals surface area contributed by atoms with Crippen LogP contribution in [0.1, 0.15) is 5.56 Å². The number of fused-ring (bicyclic) bond motifs is 1. The van der Waals surface area contributed by atoms with Gasteiger partial charge in [0.2, 0.25) is 0 Å². The molecule has 0 bridgehead atoms. The van der Waals surface area contributed by atoms with Crippen LogP contribution in [0.2, 0.25) is 0 Å². The van der Waals surface area contributed by atoms with Crippen LogP contribution in [0.15, 0.2) is 42.7 Å². The van der Waals surface area contributed by atoms with Crippen molar-refractivity contribution in [2.24, 2.45) is 0 Å². The maximum absolute atomic E-state index is 11.8. The van der Waals surface area contributed by atoms with E-state index in [0.29, 0.717) is 10.8 Å². The maximum Gasteiger partial charge on any atom is 0.325 e. The van der Waals surface area contributed by atoms with Crippen molar-refractivity contribution in [2.75, 3.05) is 10.6 Å². The summed E-state index contributed by atoms with van der Waals surface area (Å²) >= 11 is 1.45. The second-order valence-electron chi connectivity index (χ2n) is 4.31. The monoisotopic (exact) mass is 284 g/mol. The number of hydrogen-bond donors (Lipinski definition) is 2. The Morgan fingerprint density at radius 2 is 1.95 bits per heavy atom. The Labute approximate surface area is 119 Å². The lowest BCUT2D eigenvalue weighted by molar-refractivity contribution is 0.262. The highest BCUT2D eigenvalue weighted by Gasteiger charge is 2.07. The number of rotatable bonds is 2. The molecule has 2 N–H and O–H groups in total. The van der Waals surface area contributed by atoms with E-state index in [9.17, 15) is 4.79 Å². The zero-order chi connectivity index (χ0) is 13.9. The van der Waals surface area contributed by atoms with E-state index in [1.807, 2.05) is 19.1 Å². The molecule has 0 atom stereocenters. The van der Waals surface area contributed by atoms with Crippen LogP contribution in [0.25, 0.3) is 10.2 Å². The summed E-state index contributed by atoms with van der Waals surface area (Å²) in [5.74, 6) is 0. The average molecular weight is 284 g/mol. The highest BCUT2D eigenvalue weighted by molar-refractivity contribution is 7.22. The molecule has 0 aliphatic heterocycles. The molecular weight excluding hydrogens is 272 g/mol. The number of pyridine rings is 1. The van der Waals surface area contributed by atoms with Crippen molar-refractivity contribution in [3.8, 4) is 0 Å². The van der Waals surface area contributed by atoms with E-state index in [2.05, 4.69) is 26.7 Å². The third-order valence-electron chi connectivity index (χ3n) is 2.70. The topological polar surface area (TPSA) is 66.9 Å². The highest BCUT2D eigenvalue weighted by Crippen LogP contribution is 2.26. The second-order valence-corrected chi connectivity index (χ2v) is 5.34. The van der Waals surface area contributed by atoms with E-state index in [1.54, 1.807) is 24.5 Å². The molecule has 2 aromatic heterocycles. The van der Waals surface area contributed by atoms with Gasteiger partial charge in [-0.25, -0.2) is 9.78 Å². The van der Waals surface area contributed by atoms with E-state index in [-0.39, 0.29) is 6.03 Å². The normalized spacial score (nSPS) is 10.4. The van der Waals surface area contributed by atoms with Crippen molar-refractivity contribution in [1.82, 2.24) is 9.97 Å². The maximum atomic E-state index is 11.8. The molecule has 3 rings (SSSR count). The number of benzene rings is 1. The summed E-state index contributed by atoms with van der Waals surface area (Å²) in [5.41, 5.74) is 2.75. The molecular formula is C14H12N4OS. The van der Waals surface area contributed by atoms with Gasteiger partial charge in [-0.1, -0.05) is 17.4 Å². The van der Waals surface area contributed by atoms with Crippen LogP contribution in [0.5, 0.6) is 0 Å². The quantitative estimate of drug-likeness (QED) is 0.755. The molecule has 20 heavy (non-hydrogen) atoms. The van der Waals surface area contributed by atoms with Gasteiger partial charge in [0.1, 0.15) is 0 Å². The first-order chi connectivity index (χ1) is 9.70. The van der Waals surface area contributed by atoms with E-state index in [1.165, 1.54) is 16.9 Å². The van der Waals surface area contributed by atoms with E-state index < -0.39 is 0 Å². The van der Waals surface area contributed by atoms with Crippen LogP contribution >= 0.6 is 11.3 Å². The Balaban J connectivity index is 1.74. The second kappa shape index (κ2) is 5.26. The summed E-state index contributed by atoms with van der Waals surface area (Å²) in [5, 5.41) is 6.04. The van der Waals surface area contributed by atoms with Crippen LogP contribution in [0.4, 0.5) is 15.6 Å². The number of aryl methyl sites for hydroxylation is 1. The zero-order valence-corrected chi connectivity index (χ0v) is 11.6. The van der Waals surface area contributed by atoms with Crippen LogP contribution in [-0.4, -0.2) is 16.0 Å². The van der Waals surface area contributed by atoms with Crippen LogP contribution in [0.3, 0.4) is 0 Å². The number of carbonyl (C=O) groups is 1. The lowest BCUT2D eigenvalue weighted by Crippen LogP contribution is -2.19. The number of hydrogen-bond acceptors (Lipinski definition) is 4. The third-order valence-corrected chi connectivity index (χ3v) is 3.64. The lowest BCUT2D eigenvalue weighted by atomic mass is 10.2. The van der Waals surface area contributed by atoms with Crippen molar-refractivity contribution in [3.05, 3.63) is 48.3 Å². The fourth-order valence-corrected chi connectivity index (χ4v) is 2.74. The van der Waals surface area contributed by atoms with Crippen LogP contribution in [-0.2, 0) is 0 Å². The third kappa shape index (κ3) is 2.75. The van der Waals surface area contributed by atoms with Crippen LogP contribution in [0, 0.1) is 6.92 Å². The van der Waals surface area contributed by atoms with Gasteiger partial charge in [-0.15, -0.1) is 0 Å². The molecule has 0 aliphatic carbocycles. The first kappa shape index (κ1) is 12.6. The molecule has 0 saturated carbocycles. The number of urea groups is 1. The largest absolute Gasteiger partial charge is 0.325 e. The number of amides is 2. The van der Waals surface area contributed by atoms with Crippen molar-refractivity contribution in [2.45, 2.75) is 6.92 Å². The fraction of sp³-hybridized carbons (Fsp3) is 0.0714. The van der Waals surface area contributed by atoms with E-state index in [0.717, 1.165) is 10.2 Å². The molecule has 5 nitrogen and oxygen atoms in total.